The number of piperidine rings is 1. The zero-order valence-electron chi connectivity index (χ0n) is 14.8. The fraction of sp³-hybridized carbons (Fsp3) is 0.350. The van der Waals surface area contributed by atoms with Gasteiger partial charge in [0.15, 0.2) is 5.65 Å². The van der Waals surface area contributed by atoms with Gasteiger partial charge in [0.05, 0.1) is 0 Å². The van der Waals surface area contributed by atoms with Crippen molar-refractivity contribution in [2.75, 3.05) is 26.2 Å². The standard InChI is InChI=1S/C20H23N5O/c26-20(22-9-13-24-11-5-2-6-12-24)17-15-25-14-10-21-18(19(25)23-17)16-7-3-1-4-8-16/h1,3-4,7-8,10,14-15H,2,5-6,9,11-13H2,(H,22,26). The Labute approximate surface area is 152 Å². The molecule has 134 valence electrons. The second-order valence-corrected chi connectivity index (χ2v) is 6.66. The zero-order chi connectivity index (χ0) is 17.8. The molecule has 0 spiro atoms. The number of likely N-dealkylation sites (tertiary alicyclic amines) is 1. The van der Waals surface area contributed by atoms with Crippen molar-refractivity contribution in [3.05, 3.63) is 54.6 Å². The molecule has 3 heterocycles. The molecule has 1 aliphatic rings. The molecule has 6 nitrogen and oxygen atoms in total. The molecular weight excluding hydrogens is 326 g/mol. The third kappa shape index (κ3) is 3.60. The van der Waals surface area contributed by atoms with E-state index in [2.05, 4.69) is 20.2 Å². The number of nitrogens with zero attached hydrogens (tertiary/aromatic N) is 4. The highest BCUT2D eigenvalue weighted by molar-refractivity contribution is 5.93. The second-order valence-electron chi connectivity index (χ2n) is 6.66. The minimum absolute atomic E-state index is 0.135. The van der Waals surface area contributed by atoms with Gasteiger partial charge in [0.25, 0.3) is 5.91 Å². The van der Waals surface area contributed by atoms with Crippen LogP contribution < -0.4 is 5.32 Å². The monoisotopic (exact) mass is 349 g/mol. The normalized spacial score (nSPS) is 15.2. The molecule has 1 aliphatic heterocycles. The fourth-order valence-corrected chi connectivity index (χ4v) is 3.43. The Balaban J connectivity index is 1.47. The van der Waals surface area contributed by atoms with Gasteiger partial charge in [-0.2, -0.15) is 0 Å². The van der Waals surface area contributed by atoms with Crippen LogP contribution in [0.15, 0.2) is 48.9 Å². The van der Waals surface area contributed by atoms with Gasteiger partial charge >= 0.3 is 0 Å². The number of imidazole rings is 1. The van der Waals surface area contributed by atoms with Crippen LogP contribution in [0.25, 0.3) is 16.9 Å². The first-order chi connectivity index (χ1) is 12.8. The molecule has 1 aromatic carbocycles. The molecule has 0 atom stereocenters. The predicted octanol–water partition coefficient (Wildman–Crippen LogP) is 2.61. The molecule has 2 aromatic heterocycles. The summed E-state index contributed by atoms with van der Waals surface area (Å²) in [5.74, 6) is -0.135. The van der Waals surface area contributed by atoms with Crippen molar-refractivity contribution in [1.29, 1.82) is 0 Å². The van der Waals surface area contributed by atoms with Gasteiger partial charge in [-0.25, -0.2) is 4.98 Å². The fourth-order valence-electron chi connectivity index (χ4n) is 3.43. The number of benzene rings is 1. The number of nitrogens with one attached hydrogen (secondary N) is 1. The number of amides is 1. The molecule has 0 radical (unpaired) electrons. The van der Waals surface area contributed by atoms with E-state index in [1.165, 1.54) is 19.3 Å². The maximum Gasteiger partial charge on any atom is 0.271 e. The maximum atomic E-state index is 12.5. The Morgan fingerprint density at radius 1 is 1.12 bits per heavy atom. The molecule has 0 bridgehead atoms. The SMILES string of the molecule is O=C(NCCN1CCCCC1)c1cn2ccnc(-c3ccccc3)c2n1. The Morgan fingerprint density at radius 3 is 2.73 bits per heavy atom. The molecular formula is C20H23N5O. The molecule has 1 saturated heterocycles. The summed E-state index contributed by atoms with van der Waals surface area (Å²) < 4.78 is 1.86. The Morgan fingerprint density at radius 2 is 1.92 bits per heavy atom. The summed E-state index contributed by atoms with van der Waals surface area (Å²) in [6.07, 6.45) is 9.15. The summed E-state index contributed by atoms with van der Waals surface area (Å²) in [6, 6.07) is 9.90. The average molecular weight is 349 g/mol. The van der Waals surface area contributed by atoms with E-state index >= 15 is 0 Å². The highest BCUT2D eigenvalue weighted by Gasteiger charge is 2.15. The smallest absolute Gasteiger partial charge is 0.271 e. The van der Waals surface area contributed by atoms with E-state index in [1.807, 2.05) is 40.9 Å². The number of carbonyl (C=O) groups is 1. The van der Waals surface area contributed by atoms with Crippen molar-refractivity contribution in [1.82, 2.24) is 24.6 Å². The van der Waals surface area contributed by atoms with Gasteiger partial charge in [-0.3, -0.25) is 9.78 Å². The summed E-state index contributed by atoms with van der Waals surface area (Å²) in [5.41, 5.74) is 2.88. The minimum atomic E-state index is -0.135. The lowest BCUT2D eigenvalue weighted by Gasteiger charge is -2.26. The van der Waals surface area contributed by atoms with Crippen molar-refractivity contribution in [3.63, 3.8) is 0 Å². The second kappa shape index (κ2) is 7.66. The Hall–Kier alpha value is -2.73. The van der Waals surface area contributed by atoms with Crippen LogP contribution in [0.4, 0.5) is 0 Å². The molecule has 4 rings (SSSR count). The lowest BCUT2D eigenvalue weighted by molar-refractivity contribution is 0.0942. The molecule has 1 amide bonds. The molecule has 0 unspecified atom stereocenters. The van der Waals surface area contributed by atoms with E-state index < -0.39 is 0 Å². The molecule has 0 aliphatic carbocycles. The van der Waals surface area contributed by atoms with Crippen molar-refractivity contribution in [3.8, 4) is 11.3 Å². The molecule has 1 N–H and O–H groups in total. The average Bonchev–Trinajstić information content (AvgIpc) is 3.14. The van der Waals surface area contributed by atoms with E-state index in [1.54, 1.807) is 12.4 Å². The largest absolute Gasteiger partial charge is 0.349 e. The molecule has 3 aromatic rings. The van der Waals surface area contributed by atoms with Crippen LogP contribution in [0.3, 0.4) is 0 Å². The van der Waals surface area contributed by atoms with Crippen LogP contribution in [-0.4, -0.2) is 51.4 Å². The van der Waals surface area contributed by atoms with E-state index in [9.17, 15) is 4.79 Å². The van der Waals surface area contributed by atoms with E-state index in [0.717, 1.165) is 30.9 Å². The van der Waals surface area contributed by atoms with Gasteiger partial charge < -0.3 is 14.6 Å². The number of hydrogen-bond acceptors (Lipinski definition) is 4. The summed E-state index contributed by atoms with van der Waals surface area (Å²) in [5, 5.41) is 2.99. The lowest BCUT2D eigenvalue weighted by Crippen LogP contribution is -2.37. The lowest BCUT2D eigenvalue weighted by atomic mass is 10.1. The summed E-state index contributed by atoms with van der Waals surface area (Å²) in [7, 11) is 0. The van der Waals surface area contributed by atoms with Gasteiger partial charge in [0.1, 0.15) is 11.4 Å². The van der Waals surface area contributed by atoms with E-state index in [-0.39, 0.29) is 5.91 Å². The number of rotatable bonds is 5. The third-order valence-corrected chi connectivity index (χ3v) is 4.82. The Bertz CT molecular complexity index is 884. The minimum Gasteiger partial charge on any atom is -0.349 e. The van der Waals surface area contributed by atoms with Crippen LogP contribution >= 0.6 is 0 Å². The van der Waals surface area contributed by atoms with Crippen LogP contribution in [0.1, 0.15) is 29.8 Å². The summed E-state index contributed by atoms with van der Waals surface area (Å²) in [4.78, 5) is 23.9. The highest BCUT2D eigenvalue weighted by Crippen LogP contribution is 2.21. The topological polar surface area (TPSA) is 62.5 Å². The first-order valence-electron chi connectivity index (χ1n) is 9.21. The first kappa shape index (κ1) is 16.7. The highest BCUT2D eigenvalue weighted by atomic mass is 16.1. The number of fused-ring (bicyclic) bond motifs is 1. The summed E-state index contributed by atoms with van der Waals surface area (Å²) >= 11 is 0. The van der Waals surface area contributed by atoms with Crippen LogP contribution in [0.5, 0.6) is 0 Å². The molecule has 6 heteroatoms. The van der Waals surface area contributed by atoms with Gasteiger partial charge in [0.2, 0.25) is 0 Å². The van der Waals surface area contributed by atoms with Crippen LogP contribution in [0, 0.1) is 0 Å². The first-order valence-corrected chi connectivity index (χ1v) is 9.21. The molecule has 26 heavy (non-hydrogen) atoms. The third-order valence-electron chi connectivity index (χ3n) is 4.82. The zero-order valence-corrected chi connectivity index (χ0v) is 14.8. The van der Waals surface area contributed by atoms with E-state index in [0.29, 0.717) is 17.9 Å². The quantitative estimate of drug-likeness (QED) is 0.769. The van der Waals surface area contributed by atoms with Crippen molar-refractivity contribution < 1.29 is 4.79 Å². The van der Waals surface area contributed by atoms with Crippen molar-refractivity contribution >= 4 is 11.6 Å². The Kier molecular flexibility index (Phi) is 4.93. The van der Waals surface area contributed by atoms with Crippen molar-refractivity contribution in [2.24, 2.45) is 0 Å². The number of aromatic nitrogens is 3. The van der Waals surface area contributed by atoms with Gasteiger partial charge in [-0.05, 0) is 25.9 Å². The number of carbonyl (C=O) groups excluding carboxylic acids is 1. The van der Waals surface area contributed by atoms with Gasteiger partial charge in [-0.15, -0.1) is 0 Å². The van der Waals surface area contributed by atoms with Gasteiger partial charge in [-0.1, -0.05) is 36.8 Å². The van der Waals surface area contributed by atoms with Gasteiger partial charge in [0, 0.05) is 37.2 Å². The van der Waals surface area contributed by atoms with E-state index in [4.69, 9.17) is 0 Å². The van der Waals surface area contributed by atoms with Crippen LogP contribution in [0.2, 0.25) is 0 Å². The molecule has 0 saturated carbocycles. The van der Waals surface area contributed by atoms with Crippen molar-refractivity contribution in [2.45, 2.75) is 19.3 Å². The summed E-state index contributed by atoms with van der Waals surface area (Å²) in [6.45, 7) is 3.82. The molecule has 1 fully saturated rings. The maximum absolute atomic E-state index is 12.5. The predicted molar refractivity (Wildman–Crippen MR) is 101 cm³/mol. The number of hydrogen-bond donors (Lipinski definition) is 1. The van der Waals surface area contributed by atoms with Crippen LogP contribution in [-0.2, 0) is 0 Å².